The Kier molecular flexibility index (Phi) is 6.72. The molecule has 0 unspecified atom stereocenters. The average Bonchev–Trinajstić information content (AvgIpc) is 2.45. The van der Waals surface area contributed by atoms with Crippen LogP contribution in [-0.4, -0.2) is 42.8 Å². The van der Waals surface area contributed by atoms with E-state index in [1.807, 2.05) is 30.3 Å². The van der Waals surface area contributed by atoms with E-state index in [0.717, 1.165) is 5.56 Å². The predicted molar refractivity (Wildman–Crippen MR) is 85.9 cm³/mol. The molecule has 0 heterocycles. The lowest BCUT2D eigenvalue weighted by Gasteiger charge is -2.30. The molecule has 23 heavy (non-hydrogen) atoms. The van der Waals surface area contributed by atoms with E-state index in [2.05, 4.69) is 5.32 Å². The molecule has 0 radical (unpaired) electrons. The summed E-state index contributed by atoms with van der Waals surface area (Å²) in [6, 6.07) is 9.35. The average molecular weight is 323 g/mol. The monoisotopic (exact) mass is 323 g/mol. The third kappa shape index (κ3) is 5.65. The highest BCUT2D eigenvalue weighted by Gasteiger charge is 2.49. The van der Waals surface area contributed by atoms with Crippen molar-refractivity contribution >= 4 is 11.9 Å². The number of carboxylic acid groups (broad SMARTS) is 1. The third-order valence-corrected chi connectivity index (χ3v) is 3.14. The fraction of sp³-hybridized carbons (Fsp3) is 0.529. The molecule has 6 nitrogen and oxygen atoms in total. The highest BCUT2D eigenvalue weighted by atomic mass is 16.6. The van der Waals surface area contributed by atoms with Crippen LogP contribution in [0.1, 0.15) is 26.3 Å². The maximum absolute atomic E-state index is 12.4. The molecule has 0 aromatic heterocycles. The summed E-state index contributed by atoms with van der Waals surface area (Å²) in [5, 5.41) is 12.3. The summed E-state index contributed by atoms with van der Waals surface area (Å²) in [5.74, 6) is -2.07. The normalized spacial score (nSPS) is 14.1. The van der Waals surface area contributed by atoms with Gasteiger partial charge in [-0.05, 0) is 33.4 Å². The van der Waals surface area contributed by atoms with Gasteiger partial charge in [-0.3, -0.25) is 9.59 Å². The van der Waals surface area contributed by atoms with E-state index in [9.17, 15) is 14.7 Å². The van der Waals surface area contributed by atoms with Gasteiger partial charge in [0.05, 0.1) is 13.2 Å². The van der Waals surface area contributed by atoms with Crippen LogP contribution in [0, 0.1) is 5.41 Å². The first-order chi connectivity index (χ1) is 10.7. The Hall–Kier alpha value is -1.92. The summed E-state index contributed by atoms with van der Waals surface area (Å²) < 4.78 is 10.8. The first kappa shape index (κ1) is 19.1. The van der Waals surface area contributed by atoms with Crippen molar-refractivity contribution in [2.24, 2.45) is 5.41 Å². The maximum atomic E-state index is 12.4. The van der Waals surface area contributed by atoms with Crippen molar-refractivity contribution in [2.75, 3.05) is 20.2 Å². The minimum Gasteiger partial charge on any atom is -0.480 e. The maximum Gasteiger partial charge on any atom is 0.327 e. The van der Waals surface area contributed by atoms with E-state index in [0.29, 0.717) is 0 Å². The molecule has 0 bridgehead atoms. The van der Waals surface area contributed by atoms with Gasteiger partial charge in [-0.1, -0.05) is 30.3 Å². The van der Waals surface area contributed by atoms with E-state index in [1.54, 1.807) is 27.8 Å². The van der Waals surface area contributed by atoms with Gasteiger partial charge in [0.1, 0.15) is 5.60 Å². The molecular formula is C17H25NO5. The molecule has 0 fully saturated rings. The van der Waals surface area contributed by atoms with Crippen molar-refractivity contribution in [3.8, 4) is 0 Å². The number of benzene rings is 1. The number of hydrogen-bond donors (Lipinski definition) is 2. The molecule has 128 valence electrons. The SMILES string of the molecule is CNC[C@@](COCc1ccccc1)(C(=O)O)C(=O)OC(C)(C)C. The summed E-state index contributed by atoms with van der Waals surface area (Å²) in [6.45, 7) is 4.96. The molecule has 0 saturated carbocycles. The Labute approximate surface area is 136 Å². The number of carboxylic acids is 1. The number of carbonyl (C=O) groups is 2. The van der Waals surface area contributed by atoms with Gasteiger partial charge in [0.2, 0.25) is 0 Å². The van der Waals surface area contributed by atoms with Crippen LogP contribution in [0.5, 0.6) is 0 Å². The van der Waals surface area contributed by atoms with Gasteiger partial charge >= 0.3 is 11.9 Å². The summed E-state index contributed by atoms with van der Waals surface area (Å²) in [4.78, 5) is 24.2. The number of rotatable bonds is 8. The third-order valence-electron chi connectivity index (χ3n) is 3.14. The molecule has 1 atom stereocenters. The fourth-order valence-corrected chi connectivity index (χ4v) is 2.00. The molecule has 0 amide bonds. The largest absolute Gasteiger partial charge is 0.480 e. The van der Waals surface area contributed by atoms with Crippen molar-refractivity contribution in [1.29, 1.82) is 0 Å². The van der Waals surface area contributed by atoms with Gasteiger partial charge in [0.15, 0.2) is 5.41 Å². The highest BCUT2D eigenvalue weighted by molar-refractivity contribution is 5.99. The van der Waals surface area contributed by atoms with E-state index < -0.39 is 23.0 Å². The predicted octanol–water partition coefficient (Wildman–Crippen LogP) is 1.84. The van der Waals surface area contributed by atoms with Crippen molar-refractivity contribution in [3.63, 3.8) is 0 Å². The van der Waals surface area contributed by atoms with Gasteiger partial charge < -0.3 is 19.9 Å². The number of ether oxygens (including phenoxy) is 2. The van der Waals surface area contributed by atoms with Crippen LogP contribution in [0.15, 0.2) is 30.3 Å². The standard InChI is InChI=1S/C17H25NO5/c1-16(2,3)23-15(21)17(11-18-4,14(19)20)12-22-10-13-8-6-5-7-9-13/h5-9,18H,10-12H2,1-4H3,(H,19,20)/t17-/m1/s1. The Morgan fingerprint density at radius 3 is 2.26 bits per heavy atom. The second-order valence-corrected chi connectivity index (χ2v) is 6.40. The molecule has 0 saturated heterocycles. The summed E-state index contributed by atoms with van der Waals surface area (Å²) in [7, 11) is 1.58. The van der Waals surface area contributed by atoms with Crippen molar-refractivity contribution < 1.29 is 24.2 Å². The molecule has 1 aromatic carbocycles. The van der Waals surface area contributed by atoms with Gasteiger partial charge in [-0.25, -0.2) is 0 Å². The molecule has 1 rings (SSSR count). The van der Waals surface area contributed by atoms with Crippen LogP contribution in [0.2, 0.25) is 0 Å². The Bertz CT molecular complexity index is 524. The lowest BCUT2D eigenvalue weighted by molar-refractivity contribution is -0.181. The molecule has 0 aliphatic carbocycles. The number of nitrogens with one attached hydrogen (secondary N) is 1. The minimum atomic E-state index is -1.78. The van der Waals surface area contributed by atoms with Crippen LogP contribution in [0.4, 0.5) is 0 Å². The molecule has 2 N–H and O–H groups in total. The quantitative estimate of drug-likeness (QED) is 0.561. The van der Waals surface area contributed by atoms with E-state index in [4.69, 9.17) is 9.47 Å². The number of aliphatic carboxylic acids is 1. The van der Waals surface area contributed by atoms with Crippen LogP contribution in [-0.2, 0) is 25.7 Å². The minimum absolute atomic E-state index is 0.0773. The number of carbonyl (C=O) groups excluding carboxylic acids is 1. The van der Waals surface area contributed by atoms with Crippen LogP contribution < -0.4 is 5.32 Å². The molecule has 6 heteroatoms. The van der Waals surface area contributed by atoms with Crippen LogP contribution in [0.25, 0.3) is 0 Å². The molecule has 0 aliphatic rings. The zero-order valence-corrected chi connectivity index (χ0v) is 14.1. The summed E-state index contributed by atoms with van der Waals surface area (Å²) in [5.41, 5.74) is -1.65. The Morgan fingerprint density at radius 2 is 1.78 bits per heavy atom. The first-order valence-corrected chi connectivity index (χ1v) is 7.44. The lowest BCUT2D eigenvalue weighted by atomic mass is 9.88. The summed E-state index contributed by atoms with van der Waals surface area (Å²) >= 11 is 0. The first-order valence-electron chi connectivity index (χ1n) is 7.44. The number of hydrogen-bond acceptors (Lipinski definition) is 5. The smallest absolute Gasteiger partial charge is 0.327 e. The van der Waals surface area contributed by atoms with Crippen LogP contribution in [0.3, 0.4) is 0 Å². The topological polar surface area (TPSA) is 84.9 Å². The Balaban J connectivity index is 2.86. The van der Waals surface area contributed by atoms with Crippen molar-refractivity contribution in [3.05, 3.63) is 35.9 Å². The highest BCUT2D eigenvalue weighted by Crippen LogP contribution is 2.24. The van der Waals surface area contributed by atoms with E-state index >= 15 is 0 Å². The Morgan fingerprint density at radius 1 is 1.17 bits per heavy atom. The molecule has 0 spiro atoms. The number of esters is 1. The fourth-order valence-electron chi connectivity index (χ4n) is 2.00. The van der Waals surface area contributed by atoms with E-state index in [1.165, 1.54) is 0 Å². The van der Waals surface area contributed by atoms with Gasteiger partial charge in [-0.15, -0.1) is 0 Å². The summed E-state index contributed by atoms with van der Waals surface area (Å²) in [6.07, 6.45) is 0. The van der Waals surface area contributed by atoms with Crippen molar-refractivity contribution in [1.82, 2.24) is 5.32 Å². The van der Waals surface area contributed by atoms with E-state index in [-0.39, 0.29) is 19.8 Å². The van der Waals surface area contributed by atoms with Crippen molar-refractivity contribution in [2.45, 2.75) is 33.0 Å². The van der Waals surface area contributed by atoms with Crippen LogP contribution >= 0.6 is 0 Å². The molecular weight excluding hydrogens is 298 g/mol. The zero-order chi connectivity index (χ0) is 17.5. The molecule has 1 aromatic rings. The zero-order valence-electron chi connectivity index (χ0n) is 14.1. The lowest BCUT2D eigenvalue weighted by Crippen LogP contribution is -2.52. The van der Waals surface area contributed by atoms with Gasteiger partial charge in [0, 0.05) is 6.54 Å². The molecule has 0 aliphatic heterocycles. The van der Waals surface area contributed by atoms with Gasteiger partial charge in [0.25, 0.3) is 0 Å². The second-order valence-electron chi connectivity index (χ2n) is 6.40. The second kappa shape index (κ2) is 8.08. The van der Waals surface area contributed by atoms with Gasteiger partial charge in [-0.2, -0.15) is 0 Å².